The van der Waals surface area contributed by atoms with Crippen LogP contribution in [-0.2, 0) is 0 Å². The van der Waals surface area contributed by atoms with E-state index in [2.05, 4.69) is 15.5 Å². The zero-order chi connectivity index (χ0) is 19.4. The lowest BCUT2D eigenvalue weighted by atomic mass is 10.1. The van der Waals surface area contributed by atoms with Crippen LogP contribution in [0.3, 0.4) is 0 Å². The lowest BCUT2D eigenvalue weighted by Crippen LogP contribution is -2.34. The second kappa shape index (κ2) is 9.11. The second-order valence-electron chi connectivity index (χ2n) is 6.25. The molecule has 0 saturated carbocycles. The monoisotopic (exact) mass is 441 g/mol. The third-order valence-electron chi connectivity index (χ3n) is 4.31. The summed E-state index contributed by atoms with van der Waals surface area (Å²) in [5.41, 5.74) is 2.02. The highest BCUT2D eigenvalue weighted by Gasteiger charge is 2.15. The first-order valence-corrected chi connectivity index (χ1v) is 10.1. The Kier molecular flexibility index (Phi) is 6.82. The van der Waals surface area contributed by atoms with Crippen LogP contribution in [0, 0.1) is 0 Å². The topological polar surface area (TPSA) is 44.4 Å². The van der Waals surface area contributed by atoms with Gasteiger partial charge in [0.2, 0.25) is 0 Å². The number of amides is 1. The van der Waals surface area contributed by atoms with Gasteiger partial charge in [0.15, 0.2) is 5.11 Å². The van der Waals surface area contributed by atoms with Gasteiger partial charge in [0.25, 0.3) is 5.91 Å². The Morgan fingerprint density at radius 2 is 1.70 bits per heavy atom. The highest BCUT2D eigenvalue weighted by Crippen LogP contribution is 2.30. The van der Waals surface area contributed by atoms with E-state index in [9.17, 15) is 4.79 Å². The largest absolute Gasteiger partial charge is 0.370 e. The maximum atomic E-state index is 12.3. The fourth-order valence-corrected chi connectivity index (χ4v) is 3.99. The summed E-state index contributed by atoms with van der Waals surface area (Å²) in [4.78, 5) is 14.6. The molecule has 0 radical (unpaired) electrons. The van der Waals surface area contributed by atoms with Crippen molar-refractivity contribution in [3.63, 3.8) is 0 Å². The first-order chi connectivity index (χ1) is 12.9. The molecule has 2 aromatic carbocycles. The molecule has 0 aromatic heterocycles. The van der Waals surface area contributed by atoms with E-state index >= 15 is 0 Å². The van der Waals surface area contributed by atoms with Gasteiger partial charge < -0.3 is 10.2 Å². The molecule has 27 heavy (non-hydrogen) atoms. The van der Waals surface area contributed by atoms with Crippen molar-refractivity contribution in [1.29, 1.82) is 0 Å². The van der Waals surface area contributed by atoms with E-state index in [1.807, 2.05) is 12.1 Å². The van der Waals surface area contributed by atoms with Crippen molar-refractivity contribution in [3.05, 3.63) is 57.0 Å². The summed E-state index contributed by atoms with van der Waals surface area (Å²) in [5, 5.41) is 7.10. The molecule has 1 aliphatic heterocycles. The second-order valence-corrected chi connectivity index (χ2v) is 7.91. The number of benzene rings is 2. The van der Waals surface area contributed by atoms with E-state index in [1.165, 1.54) is 25.3 Å². The van der Waals surface area contributed by atoms with Gasteiger partial charge in [-0.15, -0.1) is 0 Å². The molecule has 142 valence electrons. The number of thiocarbonyl (C=S) groups is 1. The molecule has 1 saturated heterocycles. The highest BCUT2D eigenvalue weighted by molar-refractivity contribution is 7.80. The molecule has 1 amide bonds. The summed E-state index contributed by atoms with van der Waals surface area (Å²) >= 11 is 23.6. The van der Waals surface area contributed by atoms with E-state index < -0.39 is 5.91 Å². The molecule has 8 heteroatoms. The molecule has 0 unspecified atom stereocenters. The van der Waals surface area contributed by atoms with Crippen molar-refractivity contribution in [1.82, 2.24) is 5.32 Å². The molecule has 2 N–H and O–H groups in total. The van der Waals surface area contributed by atoms with Crippen LogP contribution in [0.2, 0.25) is 15.1 Å². The first kappa shape index (κ1) is 20.2. The molecule has 3 rings (SSSR count). The fourth-order valence-electron chi connectivity index (χ4n) is 2.98. The SMILES string of the molecule is O=C(NC(=S)Nc1ccc(N2CCCCC2)c(Cl)c1)c1ccc(Cl)cc1Cl. The predicted molar refractivity (Wildman–Crippen MR) is 118 cm³/mol. The Hall–Kier alpha value is -1.53. The lowest BCUT2D eigenvalue weighted by molar-refractivity contribution is 0.0978. The van der Waals surface area contributed by atoms with Crippen LogP contribution in [0.15, 0.2) is 36.4 Å². The molecule has 2 aromatic rings. The maximum Gasteiger partial charge on any atom is 0.258 e. The van der Waals surface area contributed by atoms with Gasteiger partial charge in [0, 0.05) is 23.8 Å². The third-order valence-corrected chi connectivity index (χ3v) is 5.36. The smallest absolute Gasteiger partial charge is 0.258 e. The predicted octanol–water partition coefficient (Wildman–Crippen LogP) is 5.76. The van der Waals surface area contributed by atoms with E-state index in [1.54, 1.807) is 18.2 Å². The molecule has 1 aliphatic rings. The minimum Gasteiger partial charge on any atom is -0.370 e. The molecule has 4 nitrogen and oxygen atoms in total. The Labute approximate surface area is 178 Å². The number of hydrogen-bond acceptors (Lipinski definition) is 3. The Morgan fingerprint density at radius 3 is 2.37 bits per heavy atom. The van der Waals surface area contributed by atoms with Gasteiger partial charge in [-0.05, 0) is 67.9 Å². The quantitative estimate of drug-likeness (QED) is 0.593. The zero-order valence-electron chi connectivity index (χ0n) is 14.4. The van der Waals surface area contributed by atoms with Gasteiger partial charge in [-0.1, -0.05) is 34.8 Å². The molecule has 0 spiro atoms. The summed E-state index contributed by atoms with van der Waals surface area (Å²) in [6, 6.07) is 10.3. The van der Waals surface area contributed by atoms with Crippen molar-refractivity contribution in [2.75, 3.05) is 23.3 Å². The normalized spacial score (nSPS) is 14.0. The number of nitrogens with zero attached hydrogens (tertiary/aromatic N) is 1. The van der Waals surface area contributed by atoms with Crippen LogP contribution in [0.5, 0.6) is 0 Å². The highest BCUT2D eigenvalue weighted by atomic mass is 35.5. The van der Waals surface area contributed by atoms with E-state index in [0.29, 0.717) is 21.3 Å². The number of hydrogen-bond donors (Lipinski definition) is 2. The summed E-state index contributed by atoms with van der Waals surface area (Å²) in [7, 11) is 0. The number of anilines is 2. The van der Waals surface area contributed by atoms with Crippen molar-refractivity contribution >= 4 is 69.4 Å². The van der Waals surface area contributed by atoms with Crippen molar-refractivity contribution in [2.24, 2.45) is 0 Å². The van der Waals surface area contributed by atoms with Gasteiger partial charge in [-0.3, -0.25) is 10.1 Å². The minimum absolute atomic E-state index is 0.160. The fraction of sp³-hybridized carbons (Fsp3) is 0.263. The number of nitrogens with one attached hydrogen (secondary N) is 2. The summed E-state index contributed by atoms with van der Waals surface area (Å²) in [6.07, 6.45) is 3.62. The number of carbonyl (C=O) groups is 1. The van der Waals surface area contributed by atoms with Gasteiger partial charge in [0.05, 0.1) is 21.3 Å². The third kappa shape index (κ3) is 5.26. The Morgan fingerprint density at radius 1 is 0.963 bits per heavy atom. The minimum atomic E-state index is -0.412. The zero-order valence-corrected chi connectivity index (χ0v) is 17.5. The van der Waals surface area contributed by atoms with Gasteiger partial charge in [-0.25, -0.2) is 0 Å². The molecular weight excluding hydrogens is 425 g/mol. The number of carbonyl (C=O) groups excluding carboxylic acids is 1. The molecule has 0 atom stereocenters. The maximum absolute atomic E-state index is 12.3. The van der Waals surface area contributed by atoms with Gasteiger partial charge >= 0.3 is 0 Å². The summed E-state index contributed by atoms with van der Waals surface area (Å²) in [6.45, 7) is 2.03. The molecule has 1 fully saturated rings. The van der Waals surface area contributed by atoms with E-state index in [0.717, 1.165) is 18.8 Å². The van der Waals surface area contributed by atoms with Crippen LogP contribution in [0.25, 0.3) is 0 Å². The Balaban J connectivity index is 1.63. The van der Waals surface area contributed by atoms with Crippen LogP contribution < -0.4 is 15.5 Å². The van der Waals surface area contributed by atoms with E-state index in [-0.39, 0.29) is 10.1 Å². The molecular formula is C19H18Cl3N3OS. The van der Waals surface area contributed by atoms with Gasteiger partial charge in [-0.2, -0.15) is 0 Å². The average molecular weight is 443 g/mol. The number of halogens is 3. The van der Waals surface area contributed by atoms with Crippen molar-refractivity contribution in [2.45, 2.75) is 19.3 Å². The standard InChI is InChI=1S/C19H18Cl3N3OS/c20-12-4-6-14(15(21)10-12)18(26)24-19(27)23-13-5-7-17(16(22)11-13)25-8-2-1-3-9-25/h4-7,10-11H,1-3,8-9H2,(H2,23,24,26,27). The lowest BCUT2D eigenvalue weighted by Gasteiger charge is -2.29. The Bertz CT molecular complexity index is 869. The number of rotatable bonds is 3. The molecule has 0 bridgehead atoms. The first-order valence-electron chi connectivity index (χ1n) is 8.56. The average Bonchev–Trinajstić information content (AvgIpc) is 2.62. The van der Waals surface area contributed by atoms with Crippen LogP contribution >= 0.6 is 47.0 Å². The van der Waals surface area contributed by atoms with Crippen LogP contribution in [0.1, 0.15) is 29.6 Å². The van der Waals surface area contributed by atoms with Crippen molar-refractivity contribution in [3.8, 4) is 0 Å². The molecule has 0 aliphatic carbocycles. The summed E-state index contributed by atoms with van der Waals surface area (Å²) in [5.74, 6) is -0.412. The summed E-state index contributed by atoms with van der Waals surface area (Å²) < 4.78 is 0. The van der Waals surface area contributed by atoms with Crippen LogP contribution in [0.4, 0.5) is 11.4 Å². The van der Waals surface area contributed by atoms with Crippen LogP contribution in [-0.4, -0.2) is 24.1 Å². The van der Waals surface area contributed by atoms with Crippen molar-refractivity contribution < 1.29 is 4.79 Å². The number of piperidine rings is 1. The van der Waals surface area contributed by atoms with Gasteiger partial charge in [0.1, 0.15) is 0 Å². The van der Waals surface area contributed by atoms with E-state index in [4.69, 9.17) is 47.0 Å². The molecule has 1 heterocycles.